The Balaban J connectivity index is 1.96. The summed E-state index contributed by atoms with van der Waals surface area (Å²) in [6, 6.07) is 12.0. The van der Waals surface area contributed by atoms with Crippen LogP contribution in [-0.2, 0) is 9.53 Å². The number of rotatable bonds is 7. The number of aromatic nitrogens is 1. The number of nitrogens with zero attached hydrogens (tertiary/aromatic N) is 2. The number of esters is 1. The summed E-state index contributed by atoms with van der Waals surface area (Å²) in [6.45, 7) is 3.69. The second kappa shape index (κ2) is 10.2. The first kappa shape index (κ1) is 24.3. The number of benzene rings is 2. The maximum absolute atomic E-state index is 13.7. The minimum absolute atomic E-state index is 0.203. The van der Waals surface area contributed by atoms with Crippen LogP contribution in [0.15, 0.2) is 63.5 Å². The molecule has 0 bridgehead atoms. The van der Waals surface area contributed by atoms with Crippen molar-refractivity contribution in [1.82, 2.24) is 4.57 Å². The van der Waals surface area contributed by atoms with Crippen LogP contribution < -0.4 is 29.1 Å². The van der Waals surface area contributed by atoms with E-state index in [0.717, 1.165) is 5.56 Å². The molecule has 0 spiro atoms. The maximum atomic E-state index is 13.7. The Morgan fingerprint density at radius 2 is 1.86 bits per heavy atom. The number of carbonyl (C=O) groups is 1. The van der Waals surface area contributed by atoms with Gasteiger partial charge in [-0.1, -0.05) is 29.5 Å². The number of thiazole rings is 1. The molecule has 0 unspecified atom stereocenters. The lowest BCUT2D eigenvalue weighted by atomic mass is 9.95. The quantitative estimate of drug-likeness (QED) is 0.470. The first-order valence-corrected chi connectivity index (χ1v) is 11.8. The fourth-order valence-corrected chi connectivity index (χ4v) is 5.06. The second-order valence-electron chi connectivity index (χ2n) is 7.69. The normalized spacial score (nSPS) is 15.3. The molecule has 1 aliphatic heterocycles. The van der Waals surface area contributed by atoms with Crippen molar-refractivity contribution >= 4 is 23.4 Å². The molecule has 0 amide bonds. The number of carbonyl (C=O) groups excluding carboxylic acids is 1. The molecular weight excluding hydrogens is 468 g/mol. The molecular formula is C26H26N2O6S. The summed E-state index contributed by atoms with van der Waals surface area (Å²) in [4.78, 5) is 31.8. The third-order valence-electron chi connectivity index (χ3n) is 5.63. The average Bonchev–Trinajstić information content (AvgIpc) is 3.17. The van der Waals surface area contributed by atoms with E-state index in [1.807, 2.05) is 30.3 Å². The van der Waals surface area contributed by atoms with E-state index < -0.39 is 12.0 Å². The van der Waals surface area contributed by atoms with Gasteiger partial charge in [0.05, 0.1) is 49.8 Å². The van der Waals surface area contributed by atoms with Crippen molar-refractivity contribution in [1.29, 1.82) is 0 Å². The van der Waals surface area contributed by atoms with Crippen LogP contribution in [-0.4, -0.2) is 38.5 Å². The molecule has 2 heterocycles. The van der Waals surface area contributed by atoms with Gasteiger partial charge in [-0.2, -0.15) is 0 Å². The third-order valence-corrected chi connectivity index (χ3v) is 6.61. The van der Waals surface area contributed by atoms with Gasteiger partial charge < -0.3 is 18.9 Å². The molecule has 0 saturated heterocycles. The highest BCUT2D eigenvalue weighted by atomic mass is 32.1. The van der Waals surface area contributed by atoms with Gasteiger partial charge in [-0.25, -0.2) is 9.79 Å². The second-order valence-corrected chi connectivity index (χ2v) is 8.70. The summed E-state index contributed by atoms with van der Waals surface area (Å²) in [7, 11) is 4.68. The van der Waals surface area contributed by atoms with E-state index in [1.54, 1.807) is 46.3 Å². The maximum Gasteiger partial charge on any atom is 0.338 e. The summed E-state index contributed by atoms with van der Waals surface area (Å²) < 4.78 is 23.5. The molecule has 3 aromatic rings. The Bertz CT molecular complexity index is 1480. The molecule has 1 atom stereocenters. The molecule has 0 aliphatic carbocycles. The van der Waals surface area contributed by atoms with Crippen LogP contribution >= 0.6 is 11.3 Å². The number of allylic oxidation sites excluding steroid dienone is 1. The molecule has 2 aromatic carbocycles. The highest BCUT2D eigenvalue weighted by Gasteiger charge is 2.33. The summed E-state index contributed by atoms with van der Waals surface area (Å²) in [6.07, 6.45) is 1.79. The molecule has 35 heavy (non-hydrogen) atoms. The summed E-state index contributed by atoms with van der Waals surface area (Å²) in [5.41, 5.74) is 2.04. The first-order valence-electron chi connectivity index (χ1n) is 11.0. The number of fused-ring (bicyclic) bond motifs is 1. The lowest BCUT2D eigenvalue weighted by molar-refractivity contribution is -0.139. The summed E-state index contributed by atoms with van der Waals surface area (Å²) in [5, 5.41) is 0. The molecule has 1 aliphatic rings. The van der Waals surface area contributed by atoms with Gasteiger partial charge >= 0.3 is 5.97 Å². The summed E-state index contributed by atoms with van der Waals surface area (Å²) in [5.74, 6) is 1.20. The predicted molar refractivity (Wildman–Crippen MR) is 133 cm³/mol. The van der Waals surface area contributed by atoms with Crippen LogP contribution in [0.3, 0.4) is 0 Å². The minimum atomic E-state index is -0.738. The number of methoxy groups -OCH3 is 3. The van der Waals surface area contributed by atoms with E-state index in [0.29, 0.717) is 43.4 Å². The zero-order valence-corrected chi connectivity index (χ0v) is 21.0. The molecule has 0 N–H and O–H groups in total. The van der Waals surface area contributed by atoms with Crippen LogP contribution in [0.1, 0.15) is 31.0 Å². The fraction of sp³-hybridized carbons (Fsp3) is 0.269. The van der Waals surface area contributed by atoms with Crippen molar-refractivity contribution < 1.29 is 23.7 Å². The SMILES string of the molecule is CCOC(=O)C1=C(C)N=c2sc(=Cc3cccc(OC)c3)c(=O)n2[C@H]1c1ccc(OC)c(OC)c1. The van der Waals surface area contributed by atoms with E-state index in [4.69, 9.17) is 18.9 Å². The lowest BCUT2D eigenvalue weighted by Gasteiger charge is -2.25. The van der Waals surface area contributed by atoms with Gasteiger partial charge in [0.15, 0.2) is 16.3 Å². The molecule has 8 nitrogen and oxygen atoms in total. The van der Waals surface area contributed by atoms with Gasteiger partial charge in [-0.3, -0.25) is 9.36 Å². The third kappa shape index (κ3) is 4.59. The van der Waals surface area contributed by atoms with Crippen molar-refractivity contribution in [2.75, 3.05) is 27.9 Å². The molecule has 1 aromatic heterocycles. The molecule has 0 fully saturated rings. The van der Waals surface area contributed by atoms with Gasteiger partial charge in [0.2, 0.25) is 0 Å². The topological polar surface area (TPSA) is 88.4 Å². The van der Waals surface area contributed by atoms with Crippen LogP contribution in [0.4, 0.5) is 0 Å². The standard InChI is InChI=1S/C26H26N2O6S/c1-6-34-25(30)22-15(2)27-26-28(23(22)17-10-11-19(32-4)20(14-17)33-5)24(29)21(35-26)13-16-8-7-9-18(12-16)31-3/h7-14,23H,6H2,1-5H3/t23-/m0/s1. The predicted octanol–water partition coefficient (Wildman–Crippen LogP) is 2.82. The largest absolute Gasteiger partial charge is 0.497 e. The molecule has 0 radical (unpaired) electrons. The van der Waals surface area contributed by atoms with Crippen molar-refractivity contribution in [3.05, 3.63) is 84.5 Å². The number of hydrogen-bond donors (Lipinski definition) is 0. The number of ether oxygens (including phenoxy) is 4. The smallest absolute Gasteiger partial charge is 0.338 e. The molecule has 9 heteroatoms. The average molecular weight is 495 g/mol. The fourth-order valence-electron chi connectivity index (χ4n) is 4.01. The van der Waals surface area contributed by atoms with Crippen molar-refractivity contribution in [3.8, 4) is 17.2 Å². The lowest BCUT2D eigenvalue weighted by Crippen LogP contribution is -2.39. The van der Waals surface area contributed by atoms with Crippen LogP contribution in [0, 0.1) is 0 Å². The molecule has 4 rings (SSSR count). The van der Waals surface area contributed by atoms with Crippen LogP contribution in [0.5, 0.6) is 17.2 Å². The highest BCUT2D eigenvalue weighted by Crippen LogP contribution is 2.36. The van der Waals surface area contributed by atoms with Crippen molar-refractivity contribution in [3.63, 3.8) is 0 Å². The zero-order chi connectivity index (χ0) is 25.1. The van der Waals surface area contributed by atoms with E-state index in [9.17, 15) is 9.59 Å². The molecule has 0 saturated carbocycles. The van der Waals surface area contributed by atoms with Gasteiger partial charge in [0, 0.05) is 0 Å². The number of hydrogen-bond acceptors (Lipinski definition) is 8. The zero-order valence-electron chi connectivity index (χ0n) is 20.2. The van der Waals surface area contributed by atoms with Crippen molar-refractivity contribution in [2.45, 2.75) is 19.9 Å². The van der Waals surface area contributed by atoms with Gasteiger partial charge in [0.1, 0.15) is 5.75 Å². The monoisotopic (exact) mass is 494 g/mol. The van der Waals surface area contributed by atoms with Gasteiger partial charge in [-0.15, -0.1) is 0 Å². The van der Waals surface area contributed by atoms with E-state index in [1.165, 1.54) is 23.0 Å². The van der Waals surface area contributed by atoms with Crippen LogP contribution in [0.2, 0.25) is 0 Å². The minimum Gasteiger partial charge on any atom is -0.497 e. The van der Waals surface area contributed by atoms with Gasteiger partial charge in [-0.05, 0) is 55.3 Å². The molecule has 182 valence electrons. The van der Waals surface area contributed by atoms with Gasteiger partial charge in [0.25, 0.3) is 5.56 Å². The highest BCUT2D eigenvalue weighted by molar-refractivity contribution is 7.07. The van der Waals surface area contributed by atoms with Crippen LogP contribution in [0.25, 0.3) is 6.08 Å². The Labute approximate surface area is 206 Å². The van der Waals surface area contributed by atoms with Crippen molar-refractivity contribution in [2.24, 2.45) is 4.99 Å². The Kier molecular flexibility index (Phi) is 7.07. The Hall–Kier alpha value is -3.85. The summed E-state index contributed by atoms with van der Waals surface area (Å²) >= 11 is 1.26. The van der Waals surface area contributed by atoms with E-state index in [-0.39, 0.29) is 12.2 Å². The Morgan fingerprint density at radius 3 is 2.54 bits per heavy atom. The van der Waals surface area contributed by atoms with E-state index >= 15 is 0 Å². The Morgan fingerprint density at radius 1 is 1.09 bits per heavy atom. The first-order chi connectivity index (χ1) is 16.9. The van der Waals surface area contributed by atoms with E-state index in [2.05, 4.69) is 4.99 Å².